The molecular weight excluding hydrogens is 382 g/mol. The summed E-state index contributed by atoms with van der Waals surface area (Å²) in [5.74, 6) is 1.02. The van der Waals surface area contributed by atoms with Gasteiger partial charge in [-0.2, -0.15) is 16.7 Å². The van der Waals surface area contributed by atoms with Crippen LogP contribution in [0.4, 0.5) is 5.95 Å². The first-order valence-electron chi connectivity index (χ1n) is 8.51. The number of hydrazine groups is 1. The lowest BCUT2D eigenvalue weighted by atomic mass is 10.2. The molecule has 1 aromatic carbocycles. The van der Waals surface area contributed by atoms with Crippen LogP contribution in [0, 0.1) is 0 Å². The maximum atomic E-state index is 12.5. The number of carbonyl (C=O) groups excluding carboxylic acids is 2. The van der Waals surface area contributed by atoms with Gasteiger partial charge < -0.3 is 14.8 Å². The number of hydrogen-bond donors (Lipinski definition) is 3. The molecule has 0 spiro atoms. The van der Waals surface area contributed by atoms with Gasteiger partial charge in [0.2, 0.25) is 11.8 Å². The minimum absolute atomic E-state index is 0.176. The van der Waals surface area contributed by atoms with Crippen LogP contribution in [-0.2, 0) is 9.59 Å². The number of nitrogens with one attached hydrogen (secondary N) is 3. The lowest BCUT2D eigenvalue weighted by Gasteiger charge is -2.18. The smallest absolute Gasteiger partial charge is 0.260 e. The number of benzene rings is 1. The molecule has 0 aliphatic heterocycles. The summed E-state index contributed by atoms with van der Waals surface area (Å²) in [6, 6.07) is 9.85. The molecule has 1 heterocycles. The van der Waals surface area contributed by atoms with Crippen LogP contribution in [0.1, 0.15) is 6.42 Å². The van der Waals surface area contributed by atoms with Crippen LogP contribution in [0.2, 0.25) is 0 Å². The minimum Gasteiger partial charge on any atom is -0.484 e. The Morgan fingerprint density at radius 3 is 2.71 bits per heavy atom. The summed E-state index contributed by atoms with van der Waals surface area (Å²) in [6.07, 6.45) is 3.89. The number of aromatic nitrogens is 2. The molecule has 1 unspecified atom stereocenters. The molecule has 10 heteroatoms. The van der Waals surface area contributed by atoms with E-state index in [9.17, 15) is 9.59 Å². The first-order valence-corrected chi connectivity index (χ1v) is 9.91. The van der Waals surface area contributed by atoms with Gasteiger partial charge in [-0.25, -0.2) is 4.98 Å². The first kappa shape index (κ1) is 21.3. The molecular formula is C18H23N5O4S. The van der Waals surface area contributed by atoms with Crippen LogP contribution < -0.4 is 25.6 Å². The summed E-state index contributed by atoms with van der Waals surface area (Å²) in [5, 5.41) is 2.69. The lowest BCUT2D eigenvalue weighted by molar-refractivity contribution is -0.129. The molecule has 2 amide bonds. The average Bonchev–Trinajstić information content (AvgIpc) is 2.74. The molecule has 1 aromatic heterocycles. The highest BCUT2D eigenvalue weighted by Gasteiger charge is 2.21. The Kier molecular flexibility index (Phi) is 8.86. The number of carbonyl (C=O) groups is 2. The van der Waals surface area contributed by atoms with Crippen molar-refractivity contribution in [2.24, 2.45) is 0 Å². The van der Waals surface area contributed by atoms with Crippen LogP contribution in [0.25, 0.3) is 0 Å². The third kappa shape index (κ3) is 7.31. The summed E-state index contributed by atoms with van der Waals surface area (Å²) in [7, 11) is 1.48. The predicted octanol–water partition coefficient (Wildman–Crippen LogP) is 1.25. The van der Waals surface area contributed by atoms with E-state index in [4.69, 9.17) is 9.47 Å². The van der Waals surface area contributed by atoms with Crippen molar-refractivity contribution in [1.29, 1.82) is 0 Å². The van der Waals surface area contributed by atoms with Crippen LogP contribution in [-0.4, -0.2) is 53.5 Å². The van der Waals surface area contributed by atoms with Crippen molar-refractivity contribution >= 4 is 29.5 Å². The quantitative estimate of drug-likeness (QED) is 0.479. The Morgan fingerprint density at radius 1 is 1.21 bits per heavy atom. The molecule has 28 heavy (non-hydrogen) atoms. The molecule has 0 aliphatic carbocycles. The summed E-state index contributed by atoms with van der Waals surface area (Å²) in [4.78, 5) is 32.6. The number of nitrogens with zero attached hydrogens (tertiary/aromatic N) is 2. The molecule has 0 bridgehead atoms. The fourth-order valence-electron chi connectivity index (χ4n) is 2.13. The number of methoxy groups -OCH3 is 1. The summed E-state index contributed by atoms with van der Waals surface area (Å²) < 4.78 is 10.4. The third-order valence-electron chi connectivity index (χ3n) is 3.51. The second-order valence-electron chi connectivity index (χ2n) is 5.54. The van der Waals surface area contributed by atoms with E-state index < -0.39 is 11.9 Å². The zero-order valence-corrected chi connectivity index (χ0v) is 16.5. The van der Waals surface area contributed by atoms with Crippen molar-refractivity contribution in [3.8, 4) is 11.6 Å². The Labute approximate surface area is 167 Å². The maximum absolute atomic E-state index is 12.5. The summed E-state index contributed by atoms with van der Waals surface area (Å²) >= 11 is 1.58. The van der Waals surface area contributed by atoms with E-state index in [1.807, 2.05) is 24.5 Å². The van der Waals surface area contributed by atoms with E-state index in [0.717, 1.165) is 0 Å². The molecule has 9 nitrogen and oxygen atoms in total. The second kappa shape index (κ2) is 11.7. The van der Waals surface area contributed by atoms with E-state index in [-0.39, 0.29) is 18.5 Å². The largest absolute Gasteiger partial charge is 0.484 e. The van der Waals surface area contributed by atoms with Gasteiger partial charge >= 0.3 is 0 Å². The van der Waals surface area contributed by atoms with E-state index in [1.54, 1.807) is 30.0 Å². The van der Waals surface area contributed by atoms with E-state index in [1.165, 1.54) is 13.3 Å². The molecule has 1 atom stereocenters. The molecule has 3 N–H and O–H groups in total. The van der Waals surface area contributed by atoms with Gasteiger partial charge in [-0.3, -0.25) is 20.4 Å². The molecule has 0 aliphatic rings. The van der Waals surface area contributed by atoms with Gasteiger partial charge in [-0.1, -0.05) is 18.2 Å². The summed E-state index contributed by atoms with van der Waals surface area (Å²) in [6.45, 7) is -0.181. The highest BCUT2D eigenvalue weighted by molar-refractivity contribution is 7.98. The van der Waals surface area contributed by atoms with E-state index in [0.29, 0.717) is 23.8 Å². The monoisotopic (exact) mass is 405 g/mol. The molecule has 0 saturated carbocycles. The highest BCUT2D eigenvalue weighted by atomic mass is 32.2. The number of para-hydroxylation sites is 1. The second-order valence-corrected chi connectivity index (χ2v) is 6.53. The molecule has 0 saturated heterocycles. The van der Waals surface area contributed by atoms with Crippen molar-refractivity contribution in [3.63, 3.8) is 0 Å². The van der Waals surface area contributed by atoms with E-state index in [2.05, 4.69) is 26.1 Å². The first-order chi connectivity index (χ1) is 13.6. The molecule has 0 radical (unpaired) electrons. The van der Waals surface area contributed by atoms with Gasteiger partial charge in [0, 0.05) is 12.3 Å². The van der Waals surface area contributed by atoms with Gasteiger partial charge in [0.05, 0.1) is 7.11 Å². The summed E-state index contributed by atoms with van der Waals surface area (Å²) in [5.41, 5.74) is 5.12. The Hall–Kier alpha value is -3.01. The van der Waals surface area contributed by atoms with Crippen molar-refractivity contribution < 1.29 is 19.1 Å². The van der Waals surface area contributed by atoms with Crippen LogP contribution in [0.3, 0.4) is 0 Å². The third-order valence-corrected chi connectivity index (χ3v) is 4.16. The van der Waals surface area contributed by atoms with Gasteiger partial charge in [0.1, 0.15) is 11.8 Å². The van der Waals surface area contributed by atoms with Crippen LogP contribution in [0.15, 0.2) is 42.6 Å². The van der Waals surface area contributed by atoms with Gasteiger partial charge in [-0.05, 0) is 30.6 Å². The molecule has 0 fully saturated rings. The normalized spacial score (nSPS) is 11.2. The van der Waals surface area contributed by atoms with Crippen molar-refractivity contribution in [3.05, 3.63) is 42.6 Å². The predicted molar refractivity (Wildman–Crippen MR) is 107 cm³/mol. The molecule has 2 aromatic rings. The number of rotatable bonds is 11. The van der Waals surface area contributed by atoms with Gasteiger partial charge in [-0.15, -0.1) is 0 Å². The minimum atomic E-state index is -0.725. The lowest BCUT2D eigenvalue weighted by Crippen LogP contribution is -2.49. The van der Waals surface area contributed by atoms with E-state index >= 15 is 0 Å². The zero-order chi connectivity index (χ0) is 20.2. The topological polar surface area (TPSA) is 114 Å². The number of amides is 2. The molecule has 2 rings (SSSR count). The zero-order valence-electron chi connectivity index (χ0n) is 15.7. The Morgan fingerprint density at radius 2 is 2.00 bits per heavy atom. The van der Waals surface area contributed by atoms with Crippen LogP contribution in [0.5, 0.6) is 11.6 Å². The number of anilines is 1. The fourth-order valence-corrected chi connectivity index (χ4v) is 2.60. The maximum Gasteiger partial charge on any atom is 0.260 e. The number of hydrogen-bond acceptors (Lipinski definition) is 8. The van der Waals surface area contributed by atoms with Crippen molar-refractivity contribution in [2.75, 3.05) is 31.2 Å². The van der Waals surface area contributed by atoms with Crippen molar-refractivity contribution in [1.82, 2.24) is 20.7 Å². The van der Waals surface area contributed by atoms with Crippen molar-refractivity contribution in [2.45, 2.75) is 12.5 Å². The standard InChI is InChI=1S/C18H23N5O4S/c1-26-16-8-10-19-18(21-16)23-22-17(25)14(9-11-28-2)20-15(24)12-27-13-6-4-3-5-7-13/h3-8,10,14H,9,11-12H2,1-2H3,(H,20,24)(H,22,25)(H,19,21,23). The Bertz CT molecular complexity index is 763. The fraction of sp³-hybridized carbons (Fsp3) is 0.333. The van der Waals surface area contributed by atoms with Crippen LogP contribution >= 0.6 is 11.8 Å². The Balaban J connectivity index is 1.87. The molecule has 150 valence electrons. The van der Waals surface area contributed by atoms with Gasteiger partial charge in [0.25, 0.3) is 11.8 Å². The highest BCUT2D eigenvalue weighted by Crippen LogP contribution is 2.08. The SMILES string of the molecule is COc1ccnc(NNC(=O)C(CCSC)NC(=O)COc2ccccc2)n1. The number of thioether (sulfide) groups is 1. The van der Waals surface area contributed by atoms with Gasteiger partial charge in [0.15, 0.2) is 6.61 Å². The average molecular weight is 405 g/mol. The number of ether oxygens (including phenoxy) is 2.